The molecule has 0 saturated carbocycles. The first-order valence-corrected chi connectivity index (χ1v) is 8.91. The van der Waals surface area contributed by atoms with Gasteiger partial charge in [0.25, 0.3) is 0 Å². The Morgan fingerprint density at radius 1 is 0.962 bits per heavy atom. The maximum atomic E-state index is 12.2. The van der Waals surface area contributed by atoms with Crippen LogP contribution in [0.15, 0.2) is 42.5 Å². The number of hydrogen-bond acceptors (Lipinski definition) is 5. The Morgan fingerprint density at radius 2 is 1.54 bits per heavy atom. The van der Waals surface area contributed by atoms with E-state index in [-0.39, 0.29) is 6.04 Å². The SMILES string of the molecule is COC(=O)C1(C(=O)OC)CCN([C@H](C)c2ccc3ccccc3c2)CC1. The van der Waals surface area contributed by atoms with Crippen LogP contribution in [0.1, 0.15) is 31.4 Å². The Morgan fingerprint density at radius 3 is 2.12 bits per heavy atom. The maximum Gasteiger partial charge on any atom is 0.323 e. The van der Waals surface area contributed by atoms with E-state index in [9.17, 15) is 9.59 Å². The van der Waals surface area contributed by atoms with E-state index in [2.05, 4.69) is 42.2 Å². The van der Waals surface area contributed by atoms with E-state index in [4.69, 9.17) is 9.47 Å². The molecule has 0 amide bonds. The zero-order valence-electron chi connectivity index (χ0n) is 15.5. The molecule has 5 nitrogen and oxygen atoms in total. The first-order chi connectivity index (χ1) is 12.5. The fourth-order valence-corrected chi connectivity index (χ4v) is 3.85. The number of nitrogens with zero attached hydrogens (tertiary/aromatic N) is 1. The summed E-state index contributed by atoms with van der Waals surface area (Å²) in [4.78, 5) is 26.8. The molecule has 0 N–H and O–H groups in total. The van der Waals surface area contributed by atoms with Gasteiger partial charge in [-0.05, 0) is 42.2 Å². The van der Waals surface area contributed by atoms with Crippen molar-refractivity contribution < 1.29 is 19.1 Å². The summed E-state index contributed by atoms with van der Waals surface area (Å²) in [5.41, 5.74) is 0.0515. The molecule has 0 aliphatic carbocycles. The van der Waals surface area contributed by atoms with E-state index in [1.807, 2.05) is 12.1 Å². The predicted octanol–water partition coefficient (Wildman–Crippen LogP) is 3.33. The molecule has 1 saturated heterocycles. The van der Waals surface area contributed by atoms with Gasteiger partial charge in [0.05, 0.1) is 14.2 Å². The molecule has 0 aromatic heterocycles. The highest BCUT2D eigenvalue weighted by atomic mass is 16.5. The minimum absolute atomic E-state index is 0.202. The van der Waals surface area contributed by atoms with E-state index < -0.39 is 17.4 Å². The average molecular weight is 355 g/mol. The molecule has 0 radical (unpaired) electrons. The van der Waals surface area contributed by atoms with Crippen LogP contribution >= 0.6 is 0 Å². The van der Waals surface area contributed by atoms with Crippen molar-refractivity contribution in [2.75, 3.05) is 27.3 Å². The Labute approximate surface area is 153 Å². The second kappa shape index (κ2) is 7.46. The molecule has 1 atom stereocenters. The van der Waals surface area contributed by atoms with Crippen LogP contribution in [-0.4, -0.2) is 44.1 Å². The number of carbonyl (C=O) groups is 2. The van der Waals surface area contributed by atoms with Crippen molar-refractivity contribution in [2.24, 2.45) is 5.41 Å². The number of benzene rings is 2. The van der Waals surface area contributed by atoms with Crippen molar-refractivity contribution in [1.82, 2.24) is 4.90 Å². The van der Waals surface area contributed by atoms with Crippen LogP contribution in [0, 0.1) is 5.41 Å². The number of likely N-dealkylation sites (tertiary alicyclic amines) is 1. The lowest BCUT2D eigenvalue weighted by atomic mass is 9.77. The Balaban J connectivity index is 1.77. The smallest absolute Gasteiger partial charge is 0.323 e. The van der Waals surface area contributed by atoms with Gasteiger partial charge in [-0.25, -0.2) is 0 Å². The number of rotatable bonds is 4. The number of carbonyl (C=O) groups excluding carboxylic acids is 2. The lowest BCUT2D eigenvalue weighted by Gasteiger charge is -2.40. The number of ether oxygens (including phenoxy) is 2. The first kappa shape index (κ1) is 18.4. The highest BCUT2D eigenvalue weighted by Gasteiger charge is 2.50. The molecule has 0 spiro atoms. The molecule has 1 aliphatic heterocycles. The zero-order valence-corrected chi connectivity index (χ0v) is 15.5. The fourth-order valence-electron chi connectivity index (χ4n) is 3.85. The van der Waals surface area contributed by atoms with Crippen molar-refractivity contribution >= 4 is 22.7 Å². The summed E-state index contributed by atoms with van der Waals surface area (Å²) in [6.45, 7) is 3.43. The van der Waals surface area contributed by atoms with Crippen LogP contribution in [0.25, 0.3) is 10.8 Å². The van der Waals surface area contributed by atoms with Crippen molar-refractivity contribution in [2.45, 2.75) is 25.8 Å². The molecule has 5 heteroatoms. The minimum atomic E-state index is -1.18. The second-order valence-electron chi connectivity index (χ2n) is 6.88. The molecule has 26 heavy (non-hydrogen) atoms. The number of esters is 2. The number of piperidine rings is 1. The third-order valence-corrected chi connectivity index (χ3v) is 5.61. The van der Waals surface area contributed by atoms with Crippen LogP contribution in [-0.2, 0) is 19.1 Å². The molecule has 0 bridgehead atoms. The standard InChI is InChI=1S/C21H25NO4/c1-15(17-9-8-16-6-4-5-7-18(16)14-17)22-12-10-21(11-13-22,19(23)25-2)20(24)26-3/h4-9,14-15H,10-13H2,1-3H3/t15-/m1/s1. The van der Waals surface area contributed by atoms with Gasteiger partial charge >= 0.3 is 11.9 Å². The van der Waals surface area contributed by atoms with Crippen LogP contribution in [0.5, 0.6) is 0 Å². The highest BCUT2D eigenvalue weighted by Crippen LogP contribution is 2.37. The summed E-state index contributed by atoms with van der Waals surface area (Å²) < 4.78 is 9.77. The summed E-state index contributed by atoms with van der Waals surface area (Å²) >= 11 is 0. The molecule has 3 rings (SSSR count). The molecular weight excluding hydrogens is 330 g/mol. The summed E-state index contributed by atoms with van der Waals surface area (Å²) in [6.07, 6.45) is 0.814. The Kier molecular flexibility index (Phi) is 5.28. The van der Waals surface area contributed by atoms with Crippen LogP contribution in [0.2, 0.25) is 0 Å². The third kappa shape index (κ3) is 3.19. The number of methoxy groups -OCH3 is 2. The molecule has 138 valence electrons. The van der Waals surface area contributed by atoms with Crippen LogP contribution in [0.4, 0.5) is 0 Å². The van der Waals surface area contributed by atoms with Crippen molar-refractivity contribution in [1.29, 1.82) is 0 Å². The minimum Gasteiger partial charge on any atom is -0.468 e. The van der Waals surface area contributed by atoms with Crippen molar-refractivity contribution in [3.05, 3.63) is 48.0 Å². The third-order valence-electron chi connectivity index (χ3n) is 5.61. The van der Waals surface area contributed by atoms with Gasteiger partial charge in [-0.3, -0.25) is 14.5 Å². The summed E-state index contributed by atoms with van der Waals surface area (Å²) in [5.74, 6) is -0.996. The monoisotopic (exact) mass is 355 g/mol. The highest BCUT2D eigenvalue weighted by molar-refractivity contribution is 6.00. The molecular formula is C21H25NO4. The van der Waals surface area contributed by atoms with Gasteiger partial charge in [0.1, 0.15) is 0 Å². The fraction of sp³-hybridized carbons (Fsp3) is 0.429. The van der Waals surface area contributed by atoms with Gasteiger partial charge in [0.15, 0.2) is 5.41 Å². The number of fused-ring (bicyclic) bond motifs is 1. The van der Waals surface area contributed by atoms with Crippen molar-refractivity contribution in [3.63, 3.8) is 0 Å². The number of hydrogen-bond donors (Lipinski definition) is 0. The van der Waals surface area contributed by atoms with Gasteiger partial charge in [0.2, 0.25) is 0 Å². The maximum absolute atomic E-state index is 12.2. The molecule has 1 fully saturated rings. The molecule has 1 aliphatic rings. The summed E-state index contributed by atoms with van der Waals surface area (Å²) in [6, 6.07) is 15.0. The Hall–Kier alpha value is -2.40. The van der Waals surface area contributed by atoms with E-state index in [1.165, 1.54) is 30.6 Å². The molecule has 1 heterocycles. The summed E-state index contributed by atoms with van der Waals surface area (Å²) in [5, 5.41) is 2.44. The van der Waals surface area contributed by atoms with E-state index in [0.29, 0.717) is 25.9 Å². The van der Waals surface area contributed by atoms with E-state index in [1.54, 1.807) is 0 Å². The topological polar surface area (TPSA) is 55.8 Å². The van der Waals surface area contributed by atoms with Crippen LogP contribution < -0.4 is 0 Å². The average Bonchev–Trinajstić information content (AvgIpc) is 2.71. The lowest BCUT2D eigenvalue weighted by molar-refractivity contribution is -0.173. The zero-order chi connectivity index (χ0) is 18.7. The van der Waals surface area contributed by atoms with Gasteiger partial charge in [-0.1, -0.05) is 36.4 Å². The summed E-state index contributed by atoms with van der Waals surface area (Å²) in [7, 11) is 2.63. The Bertz CT molecular complexity index is 791. The van der Waals surface area contributed by atoms with E-state index >= 15 is 0 Å². The second-order valence-corrected chi connectivity index (χ2v) is 6.88. The van der Waals surface area contributed by atoms with Crippen LogP contribution in [0.3, 0.4) is 0 Å². The largest absolute Gasteiger partial charge is 0.468 e. The van der Waals surface area contributed by atoms with Crippen molar-refractivity contribution in [3.8, 4) is 0 Å². The van der Waals surface area contributed by atoms with Gasteiger partial charge in [-0.15, -0.1) is 0 Å². The quantitative estimate of drug-likeness (QED) is 0.622. The molecule has 2 aromatic carbocycles. The molecule has 0 unspecified atom stereocenters. The molecule has 2 aromatic rings. The van der Waals surface area contributed by atoms with E-state index in [0.717, 1.165) is 0 Å². The first-order valence-electron chi connectivity index (χ1n) is 8.91. The van der Waals surface area contributed by atoms with Gasteiger partial charge < -0.3 is 9.47 Å². The van der Waals surface area contributed by atoms with Gasteiger partial charge in [-0.2, -0.15) is 0 Å². The predicted molar refractivity (Wildman–Crippen MR) is 99.6 cm³/mol. The van der Waals surface area contributed by atoms with Gasteiger partial charge in [0, 0.05) is 19.1 Å². The normalized spacial score (nSPS) is 18.3. The lowest BCUT2D eigenvalue weighted by Crippen LogP contribution is -2.50.